The van der Waals surface area contributed by atoms with Crippen LogP contribution in [0.2, 0.25) is 0 Å². The Bertz CT molecular complexity index is 878. The molecule has 0 spiro atoms. The molecule has 1 heterocycles. The van der Waals surface area contributed by atoms with Crippen LogP contribution in [0.1, 0.15) is 16.3 Å². The van der Waals surface area contributed by atoms with Crippen LogP contribution in [0.15, 0.2) is 53.9 Å². The molecule has 3 rings (SSSR count). The SMILES string of the molecule is COc1ccc(NC(=O)Cc2csc(Cc3ccccc3)n2)cc1OC. The molecule has 3 aromatic rings. The summed E-state index contributed by atoms with van der Waals surface area (Å²) in [4.78, 5) is 16.8. The summed E-state index contributed by atoms with van der Waals surface area (Å²) in [7, 11) is 3.14. The first-order chi connectivity index (χ1) is 12.7. The highest BCUT2D eigenvalue weighted by Gasteiger charge is 2.10. The fourth-order valence-electron chi connectivity index (χ4n) is 2.57. The van der Waals surface area contributed by atoms with Crippen LogP contribution in [0.25, 0.3) is 0 Å². The molecule has 1 amide bonds. The van der Waals surface area contributed by atoms with Crippen molar-refractivity contribution in [3.05, 3.63) is 70.2 Å². The minimum atomic E-state index is -0.117. The smallest absolute Gasteiger partial charge is 0.230 e. The van der Waals surface area contributed by atoms with Crippen molar-refractivity contribution in [3.8, 4) is 11.5 Å². The fraction of sp³-hybridized carbons (Fsp3) is 0.200. The highest BCUT2D eigenvalue weighted by Crippen LogP contribution is 2.29. The first kappa shape index (κ1) is 17.9. The van der Waals surface area contributed by atoms with Gasteiger partial charge in [-0.3, -0.25) is 4.79 Å². The number of hydrogen-bond donors (Lipinski definition) is 1. The molecule has 6 heteroatoms. The largest absolute Gasteiger partial charge is 0.493 e. The number of benzene rings is 2. The van der Waals surface area contributed by atoms with Gasteiger partial charge in [0.05, 0.1) is 31.3 Å². The molecule has 2 aromatic carbocycles. The second kappa shape index (κ2) is 8.49. The Balaban J connectivity index is 1.60. The Kier molecular flexibility index (Phi) is 5.86. The summed E-state index contributed by atoms with van der Waals surface area (Å²) < 4.78 is 10.4. The van der Waals surface area contributed by atoms with Gasteiger partial charge in [0.2, 0.25) is 5.91 Å². The summed E-state index contributed by atoms with van der Waals surface area (Å²) in [6.45, 7) is 0. The Labute approximate surface area is 156 Å². The lowest BCUT2D eigenvalue weighted by molar-refractivity contribution is -0.115. The number of nitrogens with one attached hydrogen (secondary N) is 1. The molecule has 0 aliphatic rings. The minimum Gasteiger partial charge on any atom is -0.493 e. The standard InChI is InChI=1S/C20H20N2O3S/c1-24-17-9-8-15(11-18(17)25-2)21-19(23)12-16-13-26-20(22-16)10-14-6-4-3-5-7-14/h3-9,11,13H,10,12H2,1-2H3,(H,21,23). The zero-order valence-corrected chi connectivity index (χ0v) is 15.5. The van der Waals surface area contributed by atoms with Crippen molar-refractivity contribution in [2.75, 3.05) is 19.5 Å². The van der Waals surface area contributed by atoms with Crippen molar-refractivity contribution >= 4 is 22.9 Å². The van der Waals surface area contributed by atoms with Gasteiger partial charge in [0.25, 0.3) is 0 Å². The minimum absolute atomic E-state index is 0.117. The van der Waals surface area contributed by atoms with Gasteiger partial charge in [-0.1, -0.05) is 30.3 Å². The van der Waals surface area contributed by atoms with Crippen LogP contribution in [0.3, 0.4) is 0 Å². The maximum absolute atomic E-state index is 12.3. The lowest BCUT2D eigenvalue weighted by atomic mass is 10.2. The van der Waals surface area contributed by atoms with Crippen molar-refractivity contribution in [2.24, 2.45) is 0 Å². The second-order valence-corrected chi connectivity index (χ2v) is 6.63. The Morgan fingerprint density at radius 3 is 2.58 bits per heavy atom. The van der Waals surface area contributed by atoms with Gasteiger partial charge < -0.3 is 14.8 Å². The van der Waals surface area contributed by atoms with Gasteiger partial charge in [0, 0.05) is 23.6 Å². The molecule has 0 aliphatic heterocycles. The molecule has 1 N–H and O–H groups in total. The van der Waals surface area contributed by atoms with Gasteiger partial charge in [0.1, 0.15) is 0 Å². The van der Waals surface area contributed by atoms with E-state index in [9.17, 15) is 4.79 Å². The van der Waals surface area contributed by atoms with Gasteiger partial charge in [-0.15, -0.1) is 11.3 Å². The van der Waals surface area contributed by atoms with Crippen LogP contribution in [0.5, 0.6) is 11.5 Å². The zero-order valence-electron chi connectivity index (χ0n) is 14.7. The second-order valence-electron chi connectivity index (χ2n) is 5.69. The zero-order chi connectivity index (χ0) is 18.4. The molecular formula is C20H20N2O3S. The third-order valence-electron chi connectivity index (χ3n) is 3.81. The Morgan fingerprint density at radius 1 is 1.08 bits per heavy atom. The van der Waals surface area contributed by atoms with Crippen LogP contribution >= 0.6 is 11.3 Å². The number of anilines is 1. The summed E-state index contributed by atoms with van der Waals surface area (Å²) in [5, 5.41) is 5.81. The number of nitrogens with zero attached hydrogens (tertiary/aromatic N) is 1. The van der Waals surface area contributed by atoms with Crippen molar-refractivity contribution in [1.29, 1.82) is 0 Å². The average Bonchev–Trinajstić information content (AvgIpc) is 3.09. The average molecular weight is 368 g/mol. The number of rotatable bonds is 7. The van der Waals surface area contributed by atoms with E-state index < -0.39 is 0 Å². The molecule has 0 bridgehead atoms. The third-order valence-corrected chi connectivity index (χ3v) is 4.70. The highest BCUT2D eigenvalue weighted by molar-refractivity contribution is 7.09. The highest BCUT2D eigenvalue weighted by atomic mass is 32.1. The summed E-state index contributed by atoms with van der Waals surface area (Å²) in [6, 6.07) is 15.4. The molecule has 0 aliphatic carbocycles. The topological polar surface area (TPSA) is 60.5 Å². The monoisotopic (exact) mass is 368 g/mol. The van der Waals surface area contributed by atoms with E-state index in [1.54, 1.807) is 43.8 Å². The normalized spacial score (nSPS) is 10.4. The number of hydrogen-bond acceptors (Lipinski definition) is 5. The quantitative estimate of drug-likeness (QED) is 0.686. The number of methoxy groups -OCH3 is 2. The van der Waals surface area contributed by atoms with Crippen LogP contribution in [-0.2, 0) is 17.6 Å². The van der Waals surface area contributed by atoms with E-state index in [0.29, 0.717) is 17.2 Å². The fourth-order valence-corrected chi connectivity index (χ4v) is 3.39. The summed E-state index contributed by atoms with van der Waals surface area (Å²) in [5.74, 6) is 1.08. The first-order valence-corrected chi connectivity index (χ1v) is 9.05. The number of carbonyl (C=O) groups is 1. The van der Waals surface area contributed by atoms with Crippen molar-refractivity contribution in [2.45, 2.75) is 12.8 Å². The number of ether oxygens (including phenoxy) is 2. The molecule has 0 fully saturated rings. The maximum Gasteiger partial charge on any atom is 0.230 e. The van der Waals surface area contributed by atoms with Crippen molar-refractivity contribution in [1.82, 2.24) is 4.98 Å². The summed E-state index contributed by atoms with van der Waals surface area (Å²) in [6.07, 6.45) is 1.02. The van der Waals surface area contributed by atoms with Gasteiger partial charge in [0.15, 0.2) is 11.5 Å². The molecule has 5 nitrogen and oxygen atoms in total. The Morgan fingerprint density at radius 2 is 1.85 bits per heavy atom. The van der Waals surface area contributed by atoms with Crippen molar-refractivity contribution < 1.29 is 14.3 Å². The van der Waals surface area contributed by atoms with Gasteiger partial charge in [-0.25, -0.2) is 4.98 Å². The van der Waals surface area contributed by atoms with E-state index in [2.05, 4.69) is 22.4 Å². The molecule has 0 radical (unpaired) electrons. The molecule has 1 aromatic heterocycles. The molecule has 0 unspecified atom stereocenters. The van der Waals surface area contributed by atoms with Crippen LogP contribution in [0.4, 0.5) is 5.69 Å². The van der Waals surface area contributed by atoms with E-state index in [-0.39, 0.29) is 12.3 Å². The van der Waals surface area contributed by atoms with Gasteiger partial charge in [-0.05, 0) is 17.7 Å². The van der Waals surface area contributed by atoms with E-state index >= 15 is 0 Å². The van der Waals surface area contributed by atoms with E-state index in [1.807, 2.05) is 23.6 Å². The molecular weight excluding hydrogens is 348 g/mol. The van der Waals surface area contributed by atoms with Crippen molar-refractivity contribution in [3.63, 3.8) is 0 Å². The van der Waals surface area contributed by atoms with Gasteiger partial charge >= 0.3 is 0 Å². The third kappa shape index (κ3) is 4.61. The molecule has 134 valence electrons. The lowest BCUT2D eigenvalue weighted by Gasteiger charge is -2.10. The molecule has 0 saturated carbocycles. The van der Waals surface area contributed by atoms with Gasteiger partial charge in [-0.2, -0.15) is 0 Å². The molecule has 26 heavy (non-hydrogen) atoms. The first-order valence-electron chi connectivity index (χ1n) is 8.17. The van der Waals surface area contributed by atoms with Crippen LogP contribution in [0, 0.1) is 0 Å². The van der Waals surface area contributed by atoms with E-state index in [1.165, 1.54) is 5.56 Å². The van der Waals surface area contributed by atoms with Crippen LogP contribution in [-0.4, -0.2) is 25.1 Å². The lowest BCUT2D eigenvalue weighted by Crippen LogP contribution is -2.14. The Hall–Kier alpha value is -2.86. The summed E-state index contributed by atoms with van der Waals surface area (Å²) >= 11 is 1.58. The number of aromatic nitrogens is 1. The number of amides is 1. The molecule has 0 atom stereocenters. The number of carbonyl (C=O) groups excluding carboxylic acids is 1. The van der Waals surface area contributed by atoms with E-state index in [4.69, 9.17) is 9.47 Å². The predicted molar refractivity (Wildman–Crippen MR) is 103 cm³/mol. The summed E-state index contributed by atoms with van der Waals surface area (Å²) in [5.41, 5.74) is 2.65. The number of thiazole rings is 1. The molecule has 0 saturated heterocycles. The van der Waals surface area contributed by atoms with Crippen LogP contribution < -0.4 is 14.8 Å². The predicted octanol–water partition coefficient (Wildman–Crippen LogP) is 3.93. The maximum atomic E-state index is 12.3. The van der Waals surface area contributed by atoms with E-state index in [0.717, 1.165) is 17.1 Å².